The summed E-state index contributed by atoms with van der Waals surface area (Å²) in [6.07, 6.45) is 0.642. The summed E-state index contributed by atoms with van der Waals surface area (Å²) >= 11 is 0. The highest BCUT2D eigenvalue weighted by molar-refractivity contribution is 5.98. The van der Waals surface area contributed by atoms with E-state index in [1.165, 1.54) is 13.0 Å². The van der Waals surface area contributed by atoms with Gasteiger partial charge in [0.1, 0.15) is 6.04 Å². The third-order valence-electron chi connectivity index (χ3n) is 3.21. The molecule has 6 heteroatoms. The van der Waals surface area contributed by atoms with Gasteiger partial charge in [0.25, 0.3) is 5.91 Å². The SMILES string of the molecule is CC[C@H](C)[C@H](NC(=O)c1cccc(NC(C)=O)c1)C(=O)O. The number of carbonyl (C=O) groups excluding carboxylic acids is 2. The van der Waals surface area contributed by atoms with Gasteiger partial charge in [-0.25, -0.2) is 4.79 Å². The van der Waals surface area contributed by atoms with Crippen LogP contribution in [0.15, 0.2) is 24.3 Å². The Balaban J connectivity index is 2.87. The van der Waals surface area contributed by atoms with E-state index in [0.717, 1.165) is 0 Å². The van der Waals surface area contributed by atoms with Crippen molar-refractivity contribution < 1.29 is 19.5 Å². The van der Waals surface area contributed by atoms with E-state index >= 15 is 0 Å². The molecule has 0 saturated carbocycles. The molecule has 0 bridgehead atoms. The monoisotopic (exact) mass is 292 g/mol. The minimum absolute atomic E-state index is 0.176. The first kappa shape index (κ1) is 16.7. The van der Waals surface area contributed by atoms with E-state index < -0.39 is 17.9 Å². The standard InChI is InChI=1S/C15H20N2O4/c1-4-9(2)13(15(20)21)17-14(19)11-6-5-7-12(8-11)16-10(3)18/h5-9,13H,4H2,1-3H3,(H,16,18)(H,17,19)(H,20,21)/t9-,13-/m0/s1. The fraction of sp³-hybridized carbons (Fsp3) is 0.400. The Hall–Kier alpha value is -2.37. The maximum Gasteiger partial charge on any atom is 0.326 e. The van der Waals surface area contributed by atoms with Gasteiger partial charge in [-0.2, -0.15) is 0 Å². The second-order valence-electron chi connectivity index (χ2n) is 4.94. The highest BCUT2D eigenvalue weighted by atomic mass is 16.4. The van der Waals surface area contributed by atoms with Gasteiger partial charge in [-0.05, 0) is 24.1 Å². The fourth-order valence-corrected chi connectivity index (χ4v) is 1.85. The molecule has 1 aromatic carbocycles. The normalized spacial score (nSPS) is 13.1. The molecular formula is C15H20N2O4. The van der Waals surface area contributed by atoms with Crippen LogP contribution in [-0.2, 0) is 9.59 Å². The van der Waals surface area contributed by atoms with Gasteiger partial charge in [0, 0.05) is 18.2 Å². The summed E-state index contributed by atoms with van der Waals surface area (Å²) in [7, 11) is 0. The molecule has 3 N–H and O–H groups in total. The van der Waals surface area contributed by atoms with Crippen LogP contribution in [0.1, 0.15) is 37.6 Å². The number of carboxylic acid groups (broad SMARTS) is 1. The van der Waals surface area contributed by atoms with E-state index in [0.29, 0.717) is 17.7 Å². The Morgan fingerprint density at radius 2 is 1.95 bits per heavy atom. The summed E-state index contributed by atoms with van der Waals surface area (Å²) in [6, 6.07) is 5.41. The average molecular weight is 292 g/mol. The molecule has 0 unspecified atom stereocenters. The molecule has 21 heavy (non-hydrogen) atoms. The van der Waals surface area contributed by atoms with E-state index in [1.54, 1.807) is 25.1 Å². The summed E-state index contributed by atoms with van der Waals surface area (Å²) in [4.78, 5) is 34.3. The maximum atomic E-state index is 12.1. The van der Waals surface area contributed by atoms with Crippen LogP contribution in [0.25, 0.3) is 0 Å². The second-order valence-corrected chi connectivity index (χ2v) is 4.94. The van der Waals surface area contributed by atoms with Gasteiger partial charge in [-0.1, -0.05) is 26.3 Å². The summed E-state index contributed by atoms with van der Waals surface area (Å²) in [5, 5.41) is 14.3. The lowest BCUT2D eigenvalue weighted by molar-refractivity contribution is -0.140. The zero-order chi connectivity index (χ0) is 16.0. The number of anilines is 1. The van der Waals surface area contributed by atoms with Crippen molar-refractivity contribution in [1.29, 1.82) is 0 Å². The van der Waals surface area contributed by atoms with Crippen LogP contribution < -0.4 is 10.6 Å². The van der Waals surface area contributed by atoms with Gasteiger partial charge in [0.15, 0.2) is 0 Å². The van der Waals surface area contributed by atoms with Crippen molar-refractivity contribution in [3.63, 3.8) is 0 Å². The number of nitrogens with one attached hydrogen (secondary N) is 2. The number of aliphatic carboxylic acids is 1. The molecule has 114 valence electrons. The zero-order valence-electron chi connectivity index (χ0n) is 12.3. The minimum atomic E-state index is -1.06. The van der Waals surface area contributed by atoms with Crippen LogP contribution in [-0.4, -0.2) is 28.9 Å². The van der Waals surface area contributed by atoms with Crippen LogP contribution >= 0.6 is 0 Å². The van der Waals surface area contributed by atoms with Gasteiger partial charge in [0.05, 0.1) is 0 Å². The van der Waals surface area contributed by atoms with Crippen LogP contribution in [0.4, 0.5) is 5.69 Å². The maximum absolute atomic E-state index is 12.1. The molecule has 1 rings (SSSR count). The van der Waals surface area contributed by atoms with E-state index in [1.807, 2.05) is 6.92 Å². The van der Waals surface area contributed by atoms with Gasteiger partial charge in [-0.15, -0.1) is 0 Å². The smallest absolute Gasteiger partial charge is 0.326 e. The molecule has 2 atom stereocenters. The van der Waals surface area contributed by atoms with Crippen LogP contribution in [0.3, 0.4) is 0 Å². The summed E-state index contributed by atoms with van der Waals surface area (Å²) in [5.74, 6) is -1.95. The van der Waals surface area contributed by atoms with E-state index in [9.17, 15) is 19.5 Å². The summed E-state index contributed by atoms with van der Waals surface area (Å²) in [5.41, 5.74) is 0.793. The van der Waals surface area contributed by atoms with E-state index in [-0.39, 0.29) is 11.8 Å². The van der Waals surface area contributed by atoms with Crippen molar-refractivity contribution in [2.75, 3.05) is 5.32 Å². The van der Waals surface area contributed by atoms with Gasteiger partial charge in [-0.3, -0.25) is 9.59 Å². The lowest BCUT2D eigenvalue weighted by atomic mass is 9.99. The molecule has 0 aliphatic carbocycles. The lowest BCUT2D eigenvalue weighted by Crippen LogP contribution is -2.45. The number of rotatable bonds is 6. The third-order valence-corrected chi connectivity index (χ3v) is 3.21. The molecule has 0 aromatic heterocycles. The van der Waals surface area contributed by atoms with E-state index in [4.69, 9.17) is 0 Å². The number of amides is 2. The molecule has 2 amide bonds. The summed E-state index contributed by atoms with van der Waals surface area (Å²) < 4.78 is 0. The number of carboxylic acids is 1. The first-order valence-electron chi connectivity index (χ1n) is 6.76. The van der Waals surface area contributed by atoms with Crippen LogP contribution in [0.5, 0.6) is 0 Å². The number of benzene rings is 1. The van der Waals surface area contributed by atoms with Crippen molar-refractivity contribution >= 4 is 23.5 Å². The predicted octanol–water partition coefficient (Wildman–Crippen LogP) is 1.87. The van der Waals surface area contributed by atoms with Crippen LogP contribution in [0.2, 0.25) is 0 Å². The lowest BCUT2D eigenvalue weighted by Gasteiger charge is -2.20. The first-order chi connectivity index (χ1) is 9.85. The zero-order valence-corrected chi connectivity index (χ0v) is 12.3. The number of hydrogen-bond acceptors (Lipinski definition) is 3. The first-order valence-corrected chi connectivity index (χ1v) is 6.76. The summed E-state index contributed by atoms with van der Waals surface area (Å²) in [6.45, 7) is 5.01. The van der Waals surface area contributed by atoms with Crippen molar-refractivity contribution in [1.82, 2.24) is 5.32 Å². The largest absolute Gasteiger partial charge is 0.480 e. The second kappa shape index (κ2) is 7.42. The molecular weight excluding hydrogens is 272 g/mol. The van der Waals surface area contributed by atoms with Gasteiger partial charge >= 0.3 is 5.97 Å². The van der Waals surface area contributed by atoms with Crippen molar-refractivity contribution in [3.05, 3.63) is 29.8 Å². The molecule has 0 aliphatic rings. The van der Waals surface area contributed by atoms with Crippen molar-refractivity contribution in [3.8, 4) is 0 Å². The molecule has 0 fully saturated rings. The fourth-order valence-electron chi connectivity index (χ4n) is 1.85. The highest BCUT2D eigenvalue weighted by Crippen LogP contribution is 2.13. The Bertz CT molecular complexity index is 542. The predicted molar refractivity (Wildman–Crippen MR) is 79.1 cm³/mol. The molecule has 6 nitrogen and oxygen atoms in total. The molecule has 1 aromatic rings. The minimum Gasteiger partial charge on any atom is -0.480 e. The topological polar surface area (TPSA) is 95.5 Å². The number of carbonyl (C=O) groups is 3. The Morgan fingerprint density at radius 1 is 1.29 bits per heavy atom. The quantitative estimate of drug-likeness (QED) is 0.746. The Kier molecular flexibility index (Phi) is 5.90. The third kappa shape index (κ3) is 4.91. The molecule has 0 aliphatic heterocycles. The molecule has 0 saturated heterocycles. The van der Waals surface area contributed by atoms with Gasteiger partial charge < -0.3 is 15.7 Å². The molecule has 0 heterocycles. The van der Waals surface area contributed by atoms with Crippen molar-refractivity contribution in [2.24, 2.45) is 5.92 Å². The highest BCUT2D eigenvalue weighted by Gasteiger charge is 2.25. The average Bonchev–Trinajstić information content (AvgIpc) is 2.42. The van der Waals surface area contributed by atoms with Crippen LogP contribution in [0, 0.1) is 5.92 Å². The van der Waals surface area contributed by atoms with Gasteiger partial charge in [0.2, 0.25) is 5.91 Å². The number of hydrogen-bond donors (Lipinski definition) is 3. The van der Waals surface area contributed by atoms with E-state index in [2.05, 4.69) is 10.6 Å². The Labute approximate surface area is 123 Å². The Morgan fingerprint density at radius 3 is 2.48 bits per heavy atom. The molecule has 0 radical (unpaired) electrons. The van der Waals surface area contributed by atoms with Crippen molar-refractivity contribution in [2.45, 2.75) is 33.2 Å². The molecule has 0 spiro atoms.